The highest BCUT2D eigenvalue weighted by atomic mass is 79.9. The molecule has 1 aromatic heterocycles. The van der Waals surface area contributed by atoms with Gasteiger partial charge in [0.2, 0.25) is 5.82 Å². The second-order valence-electron chi connectivity index (χ2n) is 3.06. The molecule has 0 bridgehead atoms. The summed E-state index contributed by atoms with van der Waals surface area (Å²) in [5.41, 5.74) is -0.0651. The first-order valence-corrected chi connectivity index (χ1v) is 5.55. The second-order valence-corrected chi connectivity index (χ2v) is 3.97. The Balaban J connectivity index is 3.14. The van der Waals surface area contributed by atoms with E-state index in [0.29, 0.717) is 17.6 Å². The lowest BCUT2D eigenvalue weighted by atomic mass is 10.3. The minimum atomic E-state index is -0.479. The van der Waals surface area contributed by atoms with Gasteiger partial charge in [-0.2, -0.15) is 0 Å². The number of nitrogens with zero attached hydrogens (tertiary/aromatic N) is 3. The van der Waals surface area contributed by atoms with Gasteiger partial charge in [0.05, 0.1) is 11.5 Å². The Bertz CT molecular complexity index is 386. The average molecular weight is 290 g/mol. The van der Waals surface area contributed by atoms with Gasteiger partial charge in [-0.1, -0.05) is 0 Å². The smallest absolute Gasteiger partial charge is 0.312 e. The van der Waals surface area contributed by atoms with Gasteiger partial charge in [0, 0.05) is 29.8 Å². The molecule has 88 valence electrons. The summed E-state index contributed by atoms with van der Waals surface area (Å²) in [5, 5.41) is 19.7. The largest absolute Gasteiger partial charge is 0.395 e. The Morgan fingerprint density at radius 2 is 2.38 bits per heavy atom. The quantitative estimate of drug-likeness (QED) is 0.657. The number of nitro groups is 1. The summed E-state index contributed by atoms with van der Waals surface area (Å²) >= 11 is 3.14. The molecule has 6 nitrogen and oxygen atoms in total. The Labute approximate surface area is 101 Å². The number of hydrogen-bond acceptors (Lipinski definition) is 5. The molecule has 1 N–H and O–H groups in total. The van der Waals surface area contributed by atoms with Crippen molar-refractivity contribution in [3.05, 3.63) is 26.9 Å². The molecule has 16 heavy (non-hydrogen) atoms. The number of aliphatic hydroxyl groups excluding tert-OH is 1. The highest BCUT2D eigenvalue weighted by Crippen LogP contribution is 2.28. The summed E-state index contributed by atoms with van der Waals surface area (Å²) in [4.78, 5) is 16.0. The van der Waals surface area contributed by atoms with Gasteiger partial charge in [-0.05, 0) is 22.9 Å². The molecule has 1 rings (SSSR count). The van der Waals surface area contributed by atoms with Crippen LogP contribution in [0.2, 0.25) is 0 Å². The predicted molar refractivity (Wildman–Crippen MR) is 63.6 cm³/mol. The second kappa shape index (κ2) is 5.76. The number of aromatic nitrogens is 1. The van der Waals surface area contributed by atoms with Crippen LogP contribution in [-0.4, -0.2) is 34.7 Å². The predicted octanol–water partition coefficient (Wildman–Crippen LogP) is 1.57. The van der Waals surface area contributed by atoms with E-state index in [1.165, 1.54) is 12.3 Å². The van der Waals surface area contributed by atoms with Crippen LogP contribution < -0.4 is 4.90 Å². The summed E-state index contributed by atoms with van der Waals surface area (Å²) in [5.74, 6) is 0.282. The summed E-state index contributed by atoms with van der Waals surface area (Å²) in [6, 6.07) is 1.41. The van der Waals surface area contributed by atoms with Gasteiger partial charge in [-0.15, -0.1) is 0 Å². The third-order valence-electron chi connectivity index (χ3n) is 2.06. The molecule has 0 fully saturated rings. The molecule has 0 aliphatic rings. The summed E-state index contributed by atoms with van der Waals surface area (Å²) in [6.45, 7) is 2.66. The van der Waals surface area contributed by atoms with E-state index in [9.17, 15) is 10.1 Å². The minimum Gasteiger partial charge on any atom is -0.395 e. The lowest BCUT2D eigenvalue weighted by molar-refractivity contribution is -0.384. The van der Waals surface area contributed by atoms with E-state index >= 15 is 0 Å². The molecular weight excluding hydrogens is 278 g/mol. The Morgan fingerprint density at radius 1 is 1.69 bits per heavy atom. The highest BCUT2D eigenvalue weighted by molar-refractivity contribution is 9.10. The van der Waals surface area contributed by atoms with E-state index in [2.05, 4.69) is 20.9 Å². The van der Waals surface area contributed by atoms with E-state index in [0.717, 1.165) is 0 Å². The lowest BCUT2D eigenvalue weighted by Crippen LogP contribution is -2.27. The van der Waals surface area contributed by atoms with Crippen LogP contribution in [-0.2, 0) is 0 Å². The number of anilines is 1. The van der Waals surface area contributed by atoms with Crippen molar-refractivity contribution in [2.24, 2.45) is 0 Å². The molecule has 0 aromatic carbocycles. The molecule has 1 aromatic rings. The van der Waals surface area contributed by atoms with Crippen LogP contribution >= 0.6 is 15.9 Å². The molecule has 0 aliphatic carbocycles. The van der Waals surface area contributed by atoms with Crippen molar-refractivity contribution in [2.75, 3.05) is 24.6 Å². The average Bonchev–Trinajstić information content (AvgIpc) is 2.26. The SMILES string of the molecule is CCN(CCO)c1ncc(Br)cc1[N+](=O)[O-]. The monoisotopic (exact) mass is 289 g/mol. The number of halogens is 1. The molecule has 0 amide bonds. The van der Waals surface area contributed by atoms with Crippen molar-refractivity contribution in [2.45, 2.75) is 6.92 Å². The molecule has 1 heterocycles. The molecule has 0 saturated heterocycles. The Hall–Kier alpha value is -1.21. The molecule has 0 aliphatic heterocycles. The molecule has 0 atom stereocenters. The topological polar surface area (TPSA) is 79.5 Å². The number of rotatable bonds is 5. The van der Waals surface area contributed by atoms with Gasteiger partial charge in [0.1, 0.15) is 0 Å². The van der Waals surface area contributed by atoms with Crippen molar-refractivity contribution >= 4 is 27.4 Å². The maximum absolute atomic E-state index is 10.9. The third kappa shape index (κ3) is 2.89. The van der Waals surface area contributed by atoms with Crippen LogP contribution in [0.1, 0.15) is 6.92 Å². The maximum Gasteiger partial charge on any atom is 0.312 e. The van der Waals surface area contributed by atoms with Crippen LogP contribution in [0.4, 0.5) is 11.5 Å². The van der Waals surface area contributed by atoms with E-state index in [1.807, 2.05) is 6.92 Å². The van der Waals surface area contributed by atoms with Crippen molar-refractivity contribution < 1.29 is 10.0 Å². The maximum atomic E-state index is 10.9. The fourth-order valence-corrected chi connectivity index (χ4v) is 1.65. The normalized spacial score (nSPS) is 10.2. The van der Waals surface area contributed by atoms with Gasteiger partial charge in [-0.3, -0.25) is 10.1 Å². The number of likely N-dealkylation sites (N-methyl/N-ethyl adjacent to an activating group) is 1. The zero-order valence-electron chi connectivity index (χ0n) is 8.76. The van der Waals surface area contributed by atoms with Crippen molar-refractivity contribution in [1.29, 1.82) is 0 Å². The van der Waals surface area contributed by atoms with E-state index in [-0.39, 0.29) is 18.1 Å². The van der Waals surface area contributed by atoms with Gasteiger partial charge >= 0.3 is 5.69 Å². The van der Waals surface area contributed by atoms with Crippen LogP contribution in [0.5, 0.6) is 0 Å². The zero-order valence-corrected chi connectivity index (χ0v) is 10.3. The zero-order chi connectivity index (χ0) is 12.1. The van der Waals surface area contributed by atoms with Gasteiger partial charge in [0.25, 0.3) is 0 Å². The summed E-state index contributed by atoms with van der Waals surface area (Å²) in [7, 11) is 0. The Morgan fingerprint density at radius 3 is 2.88 bits per heavy atom. The van der Waals surface area contributed by atoms with Gasteiger partial charge in [0.15, 0.2) is 0 Å². The van der Waals surface area contributed by atoms with Crippen LogP contribution in [0.25, 0.3) is 0 Å². The standard InChI is InChI=1S/C9H12BrN3O3/c1-2-12(3-4-14)9-8(13(15)16)5-7(10)6-11-9/h5-6,14H,2-4H2,1H3. The fraction of sp³-hybridized carbons (Fsp3) is 0.444. The fourth-order valence-electron chi connectivity index (χ4n) is 1.33. The molecule has 7 heteroatoms. The molecule has 0 spiro atoms. The van der Waals surface area contributed by atoms with Crippen molar-refractivity contribution in [3.63, 3.8) is 0 Å². The molecular formula is C9H12BrN3O3. The lowest BCUT2D eigenvalue weighted by Gasteiger charge is -2.20. The Kier molecular flexibility index (Phi) is 4.63. The summed E-state index contributed by atoms with van der Waals surface area (Å²) < 4.78 is 0.558. The van der Waals surface area contributed by atoms with Crippen molar-refractivity contribution in [3.8, 4) is 0 Å². The number of hydrogen-bond donors (Lipinski definition) is 1. The first-order chi connectivity index (χ1) is 7.60. The molecule has 0 saturated carbocycles. The van der Waals surface area contributed by atoms with E-state index in [4.69, 9.17) is 5.11 Å². The first-order valence-electron chi connectivity index (χ1n) is 4.75. The number of aliphatic hydroxyl groups is 1. The minimum absolute atomic E-state index is 0.0651. The van der Waals surface area contributed by atoms with Crippen LogP contribution in [0, 0.1) is 10.1 Å². The van der Waals surface area contributed by atoms with E-state index < -0.39 is 4.92 Å². The highest BCUT2D eigenvalue weighted by Gasteiger charge is 2.20. The number of pyridine rings is 1. The first kappa shape index (κ1) is 12.9. The van der Waals surface area contributed by atoms with Gasteiger partial charge < -0.3 is 10.0 Å². The van der Waals surface area contributed by atoms with E-state index in [1.54, 1.807) is 4.90 Å². The molecule has 0 unspecified atom stereocenters. The van der Waals surface area contributed by atoms with Crippen LogP contribution in [0.15, 0.2) is 16.7 Å². The van der Waals surface area contributed by atoms with Gasteiger partial charge in [-0.25, -0.2) is 4.98 Å². The molecule has 0 radical (unpaired) electrons. The van der Waals surface area contributed by atoms with Crippen molar-refractivity contribution in [1.82, 2.24) is 4.98 Å². The third-order valence-corrected chi connectivity index (χ3v) is 2.50. The van der Waals surface area contributed by atoms with Crippen LogP contribution in [0.3, 0.4) is 0 Å². The summed E-state index contributed by atoms with van der Waals surface area (Å²) in [6.07, 6.45) is 1.50.